The smallest absolute Gasteiger partial charge is 0.269 e. The predicted octanol–water partition coefficient (Wildman–Crippen LogP) is 1.47. The third-order valence-corrected chi connectivity index (χ3v) is 6.37. The van der Waals surface area contributed by atoms with Crippen LogP contribution in [0.3, 0.4) is 0 Å². The van der Waals surface area contributed by atoms with E-state index in [0.717, 1.165) is 23.5 Å². The molecule has 0 saturated carbocycles. The Morgan fingerprint density at radius 3 is 2.33 bits per heavy atom. The third kappa shape index (κ3) is 4.09. The predicted molar refractivity (Wildman–Crippen MR) is 88.6 cm³/mol. The highest BCUT2D eigenvalue weighted by atomic mass is 35.5. The maximum absolute atomic E-state index is 12.1. The van der Waals surface area contributed by atoms with E-state index in [4.69, 9.17) is 11.6 Å². The van der Waals surface area contributed by atoms with Crippen LogP contribution in [0.2, 0.25) is 4.34 Å². The molecule has 3 N–H and O–H groups in total. The van der Waals surface area contributed by atoms with Gasteiger partial charge < -0.3 is 10.2 Å². The number of non-ortho nitro benzene ring substituents is 1. The molecule has 1 aromatic heterocycles. The van der Waals surface area contributed by atoms with Crippen LogP contribution in [0.25, 0.3) is 0 Å². The summed E-state index contributed by atoms with van der Waals surface area (Å²) in [6, 6.07) is 7.57. The van der Waals surface area contributed by atoms with E-state index in [1.165, 1.54) is 24.3 Å². The summed E-state index contributed by atoms with van der Waals surface area (Å²) in [6.45, 7) is -1.29. The normalized spacial score (nSPS) is 14.3. The second kappa shape index (κ2) is 7.13. The number of hydrogen-bond donors (Lipinski definition) is 3. The first-order chi connectivity index (χ1) is 11.2. The van der Waals surface area contributed by atoms with Crippen molar-refractivity contribution in [3.8, 4) is 0 Å². The molecule has 2 rings (SSSR count). The van der Waals surface area contributed by atoms with Crippen LogP contribution in [-0.2, 0) is 15.6 Å². The second-order valence-electron chi connectivity index (χ2n) is 4.88. The molecule has 2 aromatic rings. The largest absolute Gasteiger partial charge is 0.393 e. The number of rotatable bonds is 7. The summed E-state index contributed by atoms with van der Waals surface area (Å²) in [5.74, 6) is 0. The zero-order valence-electron chi connectivity index (χ0n) is 12.0. The lowest BCUT2D eigenvalue weighted by atomic mass is 9.95. The molecule has 0 fully saturated rings. The van der Waals surface area contributed by atoms with E-state index >= 15 is 0 Å². The van der Waals surface area contributed by atoms with Crippen molar-refractivity contribution in [2.45, 2.75) is 9.81 Å². The first-order valence-corrected chi connectivity index (χ1v) is 9.19. The molecule has 0 aliphatic heterocycles. The number of nitro benzene ring substituents is 1. The number of benzene rings is 1. The Kier molecular flexibility index (Phi) is 5.58. The molecular formula is C13H13ClN2O6S2. The van der Waals surface area contributed by atoms with E-state index in [2.05, 4.69) is 4.72 Å². The summed E-state index contributed by atoms with van der Waals surface area (Å²) in [7, 11) is -3.91. The van der Waals surface area contributed by atoms with Gasteiger partial charge in [-0.15, -0.1) is 11.3 Å². The van der Waals surface area contributed by atoms with Crippen molar-refractivity contribution in [1.29, 1.82) is 0 Å². The lowest BCUT2D eigenvalue weighted by Crippen LogP contribution is -2.43. The SMILES string of the molecule is O=[N+]([O-])c1ccc([C@](O)(CO)CNS(=O)(=O)c2ccc(Cl)s2)cc1. The minimum atomic E-state index is -3.91. The standard InChI is InChI=1S/C13H13ClN2O6S2/c14-11-5-6-12(23-11)24(21,22)15-7-13(18,8-17)9-1-3-10(4-2-9)16(19)20/h1-6,15,17-18H,7-8H2/t13-/m1/s1. The van der Waals surface area contributed by atoms with Gasteiger partial charge in [0.25, 0.3) is 5.69 Å². The summed E-state index contributed by atoms with van der Waals surface area (Å²) in [5.41, 5.74) is -1.97. The zero-order chi connectivity index (χ0) is 18.0. The maximum atomic E-state index is 12.1. The van der Waals surface area contributed by atoms with Gasteiger partial charge in [0.15, 0.2) is 0 Å². The number of sulfonamides is 1. The fourth-order valence-corrected chi connectivity index (χ4v) is 4.49. The Morgan fingerprint density at radius 2 is 1.88 bits per heavy atom. The van der Waals surface area contributed by atoms with Crippen LogP contribution in [0.5, 0.6) is 0 Å². The van der Waals surface area contributed by atoms with Crippen LogP contribution in [0, 0.1) is 10.1 Å². The summed E-state index contributed by atoms with van der Waals surface area (Å²) in [5, 5.41) is 30.6. The van der Waals surface area contributed by atoms with E-state index < -0.39 is 33.7 Å². The van der Waals surface area contributed by atoms with E-state index in [9.17, 15) is 28.7 Å². The quantitative estimate of drug-likeness (QED) is 0.483. The van der Waals surface area contributed by atoms with E-state index in [-0.39, 0.29) is 15.5 Å². The molecule has 0 spiro atoms. The summed E-state index contributed by atoms with van der Waals surface area (Å²) >= 11 is 6.55. The van der Waals surface area contributed by atoms with Crippen LogP contribution < -0.4 is 4.72 Å². The van der Waals surface area contributed by atoms with Gasteiger partial charge in [0.2, 0.25) is 10.0 Å². The highest BCUT2D eigenvalue weighted by molar-refractivity contribution is 7.91. The number of nitro groups is 1. The lowest BCUT2D eigenvalue weighted by molar-refractivity contribution is -0.384. The van der Waals surface area contributed by atoms with Crippen molar-refractivity contribution in [3.05, 3.63) is 56.4 Å². The number of nitrogens with zero attached hydrogens (tertiary/aromatic N) is 1. The van der Waals surface area contributed by atoms with Crippen LogP contribution in [0.4, 0.5) is 5.69 Å². The molecule has 8 nitrogen and oxygen atoms in total. The van der Waals surface area contributed by atoms with Crippen molar-refractivity contribution in [2.75, 3.05) is 13.2 Å². The first kappa shape index (κ1) is 18.8. The highest BCUT2D eigenvalue weighted by Crippen LogP contribution is 2.27. The number of aliphatic hydroxyl groups excluding tert-OH is 1. The fraction of sp³-hybridized carbons (Fsp3) is 0.231. The molecule has 1 aromatic carbocycles. The van der Waals surface area contributed by atoms with Gasteiger partial charge in [-0.25, -0.2) is 13.1 Å². The van der Waals surface area contributed by atoms with Gasteiger partial charge in [-0.2, -0.15) is 0 Å². The van der Waals surface area contributed by atoms with Crippen molar-refractivity contribution in [1.82, 2.24) is 4.72 Å². The molecule has 0 aliphatic carbocycles. The van der Waals surface area contributed by atoms with E-state index in [0.29, 0.717) is 4.34 Å². The number of aliphatic hydroxyl groups is 2. The van der Waals surface area contributed by atoms with Gasteiger partial charge in [-0.05, 0) is 29.8 Å². The summed E-state index contributed by atoms with van der Waals surface area (Å²) in [4.78, 5) is 10.0. The minimum absolute atomic E-state index is 0.0310. The van der Waals surface area contributed by atoms with Gasteiger partial charge in [0.05, 0.1) is 15.9 Å². The van der Waals surface area contributed by atoms with Crippen LogP contribution in [0.1, 0.15) is 5.56 Å². The molecule has 0 saturated heterocycles. The molecule has 11 heteroatoms. The third-order valence-electron chi connectivity index (χ3n) is 3.25. The number of thiophene rings is 1. The molecule has 0 unspecified atom stereocenters. The zero-order valence-corrected chi connectivity index (χ0v) is 14.4. The first-order valence-electron chi connectivity index (χ1n) is 6.51. The van der Waals surface area contributed by atoms with Gasteiger partial charge in [-0.3, -0.25) is 10.1 Å². The molecule has 0 aliphatic rings. The van der Waals surface area contributed by atoms with Gasteiger partial charge in [0.1, 0.15) is 9.81 Å². The van der Waals surface area contributed by atoms with Crippen molar-refractivity contribution in [3.63, 3.8) is 0 Å². The molecule has 1 heterocycles. The van der Waals surface area contributed by atoms with Crippen molar-refractivity contribution in [2.24, 2.45) is 0 Å². The Morgan fingerprint density at radius 1 is 1.25 bits per heavy atom. The van der Waals surface area contributed by atoms with Crippen molar-refractivity contribution < 1.29 is 23.6 Å². The molecule has 130 valence electrons. The topological polar surface area (TPSA) is 130 Å². The molecule has 0 radical (unpaired) electrons. The van der Waals surface area contributed by atoms with Crippen LogP contribution in [-0.4, -0.2) is 36.7 Å². The van der Waals surface area contributed by atoms with E-state index in [1.54, 1.807) is 0 Å². The Labute approximate surface area is 146 Å². The lowest BCUT2D eigenvalue weighted by Gasteiger charge is -2.26. The maximum Gasteiger partial charge on any atom is 0.269 e. The van der Waals surface area contributed by atoms with Crippen LogP contribution in [0.15, 0.2) is 40.6 Å². The molecular weight excluding hydrogens is 380 g/mol. The Hall–Kier alpha value is -1.56. The molecule has 0 amide bonds. The summed E-state index contributed by atoms with van der Waals surface area (Å²) < 4.78 is 26.7. The Bertz CT molecular complexity index is 836. The number of nitrogens with one attached hydrogen (secondary N) is 1. The average Bonchev–Trinajstić information content (AvgIpc) is 3.00. The average molecular weight is 393 g/mol. The number of hydrogen-bond acceptors (Lipinski definition) is 7. The van der Waals surface area contributed by atoms with Gasteiger partial charge in [-0.1, -0.05) is 11.6 Å². The van der Waals surface area contributed by atoms with Gasteiger partial charge >= 0.3 is 0 Å². The van der Waals surface area contributed by atoms with Crippen molar-refractivity contribution >= 4 is 38.6 Å². The Balaban J connectivity index is 2.19. The van der Waals surface area contributed by atoms with Gasteiger partial charge in [0, 0.05) is 18.7 Å². The van der Waals surface area contributed by atoms with E-state index in [1.807, 2.05) is 0 Å². The fourth-order valence-electron chi connectivity index (χ4n) is 1.87. The molecule has 1 atom stereocenters. The molecule has 0 bridgehead atoms. The highest BCUT2D eigenvalue weighted by Gasteiger charge is 2.31. The summed E-state index contributed by atoms with van der Waals surface area (Å²) in [6.07, 6.45) is 0. The minimum Gasteiger partial charge on any atom is -0.393 e. The molecule has 24 heavy (non-hydrogen) atoms. The van der Waals surface area contributed by atoms with Crippen LogP contribution >= 0.6 is 22.9 Å². The monoisotopic (exact) mass is 392 g/mol. The number of halogens is 1. The second-order valence-corrected chi connectivity index (χ2v) is 8.59.